The Balaban J connectivity index is 2.31. The molecule has 0 saturated carbocycles. The Bertz CT molecular complexity index is 1030. The third kappa shape index (κ3) is 2.50. The van der Waals surface area contributed by atoms with Gasteiger partial charge in [-0.1, -0.05) is 12.1 Å². The van der Waals surface area contributed by atoms with Crippen LogP contribution in [0.5, 0.6) is 0 Å². The average Bonchev–Trinajstić information content (AvgIpc) is 2.59. The van der Waals surface area contributed by atoms with E-state index in [1.54, 1.807) is 6.19 Å². The number of aryl methyl sites for hydroxylation is 1. The Kier molecular flexibility index (Phi) is 4.02. The minimum atomic E-state index is -1.13. The lowest BCUT2D eigenvalue weighted by atomic mass is 9.94. The molecule has 0 aliphatic carbocycles. The van der Waals surface area contributed by atoms with Crippen LogP contribution in [-0.2, 0) is 0 Å². The van der Waals surface area contributed by atoms with E-state index >= 15 is 0 Å². The molecule has 0 bridgehead atoms. The molecule has 1 aromatic carbocycles. The number of aliphatic imine (C=N–C) groups is 1. The van der Waals surface area contributed by atoms with Crippen molar-refractivity contribution in [2.45, 2.75) is 13.0 Å². The Morgan fingerprint density at radius 2 is 1.96 bits per heavy atom. The number of aromatic nitrogens is 1. The van der Waals surface area contributed by atoms with E-state index in [2.05, 4.69) is 20.6 Å². The molecule has 0 fully saturated rings. The van der Waals surface area contributed by atoms with Crippen molar-refractivity contribution in [2.24, 2.45) is 4.99 Å². The molecule has 6 N–H and O–H groups in total. The van der Waals surface area contributed by atoms with Gasteiger partial charge in [-0.3, -0.25) is 5.32 Å². The third-order valence-electron chi connectivity index (χ3n) is 3.96. The fourth-order valence-electron chi connectivity index (χ4n) is 2.68. The SMILES string of the molecule is Cc1ccc(C2N=C(NC#N)Nc3nc(N)c(C#N)c(N)c32)c(F)c1F. The van der Waals surface area contributed by atoms with Crippen LogP contribution in [-0.4, -0.2) is 10.9 Å². The first-order valence-electron chi connectivity index (χ1n) is 7.32. The van der Waals surface area contributed by atoms with Crippen molar-refractivity contribution in [3.05, 3.63) is 46.0 Å². The van der Waals surface area contributed by atoms with Crippen molar-refractivity contribution in [3.8, 4) is 12.3 Å². The molecular weight excluding hydrogens is 342 g/mol. The number of hydrogen-bond acceptors (Lipinski definition) is 8. The number of nitrogens with two attached hydrogens (primary N) is 2. The maximum Gasteiger partial charge on any atom is 0.211 e. The zero-order valence-electron chi connectivity index (χ0n) is 13.4. The summed E-state index contributed by atoms with van der Waals surface area (Å²) in [5, 5.41) is 23.0. The number of halogens is 2. The molecule has 0 saturated heterocycles. The first-order chi connectivity index (χ1) is 12.4. The molecule has 8 nitrogen and oxygen atoms in total. The van der Waals surface area contributed by atoms with Gasteiger partial charge in [0.1, 0.15) is 29.3 Å². The molecule has 0 amide bonds. The maximum atomic E-state index is 14.5. The van der Waals surface area contributed by atoms with Crippen molar-refractivity contribution in [2.75, 3.05) is 16.8 Å². The van der Waals surface area contributed by atoms with E-state index in [4.69, 9.17) is 16.7 Å². The smallest absolute Gasteiger partial charge is 0.211 e. The lowest BCUT2D eigenvalue weighted by Crippen LogP contribution is -2.33. The lowest BCUT2D eigenvalue weighted by Gasteiger charge is -2.26. The fourth-order valence-corrected chi connectivity index (χ4v) is 2.68. The Morgan fingerprint density at radius 3 is 2.62 bits per heavy atom. The van der Waals surface area contributed by atoms with E-state index in [0.29, 0.717) is 0 Å². The Morgan fingerprint density at radius 1 is 1.23 bits per heavy atom. The van der Waals surface area contributed by atoms with Gasteiger partial charge in [0.15, 0.2) is 17.8 Å². The number of nitrogen functional groups attached to an aromatic ring is 2. The van der Waals surface area contributed by atoms with Gasteiger partial charge in [-0.15, -0.1) is 0 Å². The van der Waals surface area contributed by atoms with Gasteiger partial charge in [-0.05, 0) is 12.5 Å². The molecule has 2 heterocycles. The highest BCUT2D eigenvalue weighted by molar-refractivity contribution is 5.98. The Labute approximate surface area is 146 Å². The van der Waals surface area contributed by atoms with Gasteiger partial charge in [0.25, 0.3) is 0 Å². The molecule has 0 spiro atoms. The van der Waals surface area contributed by atoms with Crippen LogP contribution in [0.2, 0.25) is 0 Å². The van der Waals surface area contributed by atoms with E-state index in [1.165, 1.54) is 19.1 Å². The van der Waals surface area contributed by atoms with E-state index in [9.17, 15) is 14.0 Å². The maximum absolute atomic E-state index is 14.5. The number of pyridine rings is 1. The third-order valence-corrected chi connectivity index (χ3v) is 3.96. The van der Waals surface area contributed by atoms with Crippen LogP contribution < -0.4 is 22.1 Å². The van der Waals surface area contributed by atoms with Gasteiger partial charge in [-0.25, -0.2) is 18.8 Å². The zero-order chi connectivity index (χ0) is 19.0. The predicted molar refractivity (Wildman–Crippen MR) is 90.5 cm³/mol. The largest absolute Gasteiger partial charge is 0.397 e. The second-order valence-electron chi connectivity index (χ2n) is 5.50. The number of fused-ring (bicyclic) bond motifs is 1. The summed E-state index contributed by atoms with van der Waals surface area (Å²) in [6.07, 6.45) is 1.67. The van der Waals surface area contributed by atoms with Gasteiger partial charge in [0.05, 0.1) is 5.69 Å². The molecule has 3 rings (SSSR count). The van der Waals surface area contributed by atoms with Crippen molar-refractivity contribution in [1.29, 1.82) is 10.5 Å². The van der Waals surface area contributed by atoms with E-state index in [1.807, 2.05) is 6.07 Å². The van der Waals surface area contributed by atoms with E-state index in [0.717, 1.165) is 0 Å². The second kappa shape index (κ2) is 6.18. The van der Waals surface area contributed by atoms with Crippen LogP contribution in [0, 0.1) is 41.3 Å². The average molecular weight is 354 g/mol. The molecule has 1 aromatic heterocycles. The topological polar surface area (TPSA) is 149 Å². The van der Waals surface area contributed by atoms with Gasteiger partial charge < -0.3 is 16.8 Å². The summed E-state index contributed by atoms with van der Waals surface area (Å²) >= 11 is 0. The van der Waals surface area contributed by atoms with Crippen LogP contribution in [0.25, 0.3) is 0 Å². The van der Waals surface area contributed by atoms with Gasteiger partial charge >= 0.3 is 0 Å². The molecule has 26 heavy (non-hydrogen) atoms. The predicted octanol–water partition coefficient (Wildman–Crippen LogP) is 1.65. The summed E-state index contributed by atoms with van der Waals surface area (Å²) in [4.78, 5) is 8.22. The normalized spacial score (nSPS) is 15.1. The Hall–Kier alpha value is -3.92. The molecule has 0 radical (unpaired) electrons. The highest BCUT2D eigenvalue weighted by Crippen LogP contribution is 2.41. The molecule has 1 atom stereocenters. The van der Waals surface area contributed by atoms with Crippen LogP contribution in [0.4, 0.5) is 26.1 Å². The van der Waals surface area contributed by atoms with Gasteiger partial charge in [0.2, 0.25) is 5.96 Å². The quantitative estimate of drug-likeness (QED) is 0.449. The highest BCUT2D eigenvalue weighted by Gasteiger charge is 2.32. The van der Waals surface area contributed by atoms with Crippen LogP contribution in [0.3, 0.4) is 0 Å². The molecule has 1 unspecified atom stereocenters. The minimum absolute atomic E-state index is 0.0404. The molecule has 2 aromatic rings. The number of hydrogen-bond donors (Lipinski definition) is 4. The van der Waals surface area contributed by atoms with E-state index < -0.39 is 17.7 Å². The van der Waals surface area contributed by atoms with Crippen LogP contribution in [0.1, 0.15) is 28.3 Å². The summed E-state index contributed by atoms with van der Waals surface area (Å²) in [5.74, 6) is -2.20. The van der Waals surface area contributed by atoms with Crippen molar-refractivity contribution >= 4 is 23.3 Å². The van der Waals surface area contributed by atoms with Gasteiger partial charge in [0, 0.05) is 11.1 Å². The standard InChI is InChI=1S/C16H12F2N8/c1-6-2-3-7(11(18)10(6)17)13-9-12(21)8(4-19)14(22)25-15(9)26-16(24-13)23-5-20/h2-3,13H,1H3,(H6,21,22,23,24,25,26). The first-order valence-corrected chi connectivity index (χ1v) is 7.32. The first kappa shape index (κ1) is 16.9. The number of benzene rings is 1. The van der Waals surface area contributed by atoms with Crippen molar-refractivity contribution in [3.63, 3.8) is 0 Å². The van der Waals surface area contributed by atoms with E-state index in [-0.39, 0.29) is 45.5 Å². The molecule has 10 heteroatoms. The summed E-state index contributed by atoms with van der Waals surface area (Å²) in [6, 6.07) is 3.47. The summed E-state index contributed by atoms with van der Waals surface area (Å²) in [5.41, 5.74) is 11.8. The molecule has 1 aliphatic rings. The number of anilines is 3. The van der Waals surface area contributed by atoms with Crippen LogP contribution in [0.15, 0.2) is 17.1 Å². The lowest BCUT2D eigenvalue weighted by molar-refractivity contribution is 0.489. The monoisotopic (exact) mass is 354 g/mol. The number of nitrogens with one attached hydrogen (secondary N) is 2. The van der Waals surface area contributed by atoms with Crippen LogP contribution >= 0.6 is 0 Å². The summed E-state index contributed by atoms with van der Waals surface area (Å²) in [6.45, 7) is 1.43. The molecular formula is C16H12F2N8. The fraction of sp³-hybridized carbons (Fsp3) is 0.125. The minimum Gasteiger partial charge on any atom is -0.397 e. The summed E-state index contributed by atoms with van der Waals surface area (Å²) in [7, 11) is 0. The summed E-state index contributed by atoms with van der Waals surface area (Å²) < 4.78 is 28.6. The number of guanidine groups is 1. The molecule has 1 aliphatic heterocycles. The van der Waals surface area contributed by atoms with Crippen molar-refractivity contribution in [1.82, 2.24) is 10.3 Å². The number of rotatable bonds is 1. The number of nitriles is 2. The van der Waals surface area contributed by atoms with Crippen molar-refractivity contribution < 1.29 is 8.78 Å². The highest BCUT2D eigenvalue weighted by atomic mass is 19.2. The zero-order valence-corrected chi connectivity index (χ0v) is 13.4. The van der Waals surface area contributed by atoms with Gasteiger partial charge in [-0.2, -0.15) is 10.5 Å². The second-order valence-corrected chi connectivity index (χ2v) is 5.50. The molecule has 130 valence electrons. The number of nitrogens with zero attached hydrogens (tertiary/aromatic N) is 4.